The first-order valence-corrected chi connectivity index (χ1v) is 11.7. The third kappa shape index (κ3) is 4.69. The third-order valence-corrected chi connectivity index (χ3v) is 6.63. The molecular weight excluding hydrogens is 473 g/mol. The molecule has 1 aliphatic rings. The molecule has 34 heavy (non-hydrogen) atoms. The zero-order valence-electron chi connectivity index (χ0n) is 18.7. The smallest absolute Gasteiger partial charge is 0.269 e. The van der Waals surface area contributed by atoms with Gasteiger partial charge in [0.15, 0.2) is 0 Å². The van der Waals surface area contributed by atoms with Crippen molar-refractivity contribution in [3.63, 3.8) is 0 Å². The molecule has 0 radical (unpaired) electrons. The number of carbonyl (C=O) groups is 1. The number of hydrogen-bond acceptors (Lipinski definition) is 4. The average molecular weight is 496 g/mol. The van der Waals surface area contributed by atoms with Crippen LogP contribution >= 0.6 is 23.2 Å². The molecule has 1 aliphatic heterocycles. The number of rotatable bonds is 6. The molecule has 174 valence electrons. The predicted molar refractivity (Wildman–Crippen MR) is 136 cm³/mol. The summed E-state index contributed by atoms with van der Waals surface area (Å²) in [5, 5.41) is 12.3. The van der Waals surface area contributed by atoms with E-state index in [2.05, 4.69) is 0 Å². The maximum atomic E-state index is 13.9. The van der Waals surface area contributed by atoms with Crippen LogP contribution in [0, 0.1) is 16.0 Å². The van der Waals surface area contributed by atoms with E-state index in [4.69, 9.17) is 28.2 Å². The fraction of sp³-hybridized carbons (Fsp3) is 0.231. The van der Waals surface area contributed by atoms with Crippen molar-refractivity contribution in [2.75, 3.05) is 4.90 Å². The molecule has 0 spiro atoms. The number of halogens is 2. The van der Waals surface area contributed by atoms with Crippen molar-refractivity contribution in [2.45, 2.75) is 32.9 Å². The highest BCUT2D eigenvalue weighted by Crippen LogP contribution is 2.35. The van der Waals surface area contributed by atoms with Gasteiger partial charge in [-0.05, 0) is 35.7 Å². The summed E-state index contributed by atoms with van der Waals surface area (Å²) in [4.78, 5) is 31.3. The first-order chi connectivity index (χ1) is 16.3. The number of non-ortho nitro benzene ring substituents is 1. The van der Waals surface area contributed by atoms with Gasteiger partial charge in [0.2, 0.25) is 0 Å². The van der Waals surface area contributed by atoms with E-state index in [1.807, 2.05) is 32.0 Å². The molecule has 0 saturated carbocycles. The Morgan fingerprint density at radius 3 is 2.53 bits per heavy atom. The van der Waals surface area contributed by atoms with Gasteiger partial charge in [-0.15, -0.1) is 0 Å². The van der Waals surface area contributed by atoms with Gasteiger partial charge in [0.1, 0.15) is 6.04 Å². The molecule has 0 unspecified atom stereocenters. The van der Waals surface area contributed by atoms with Crippen molar-refractivity contribution in [3.8, 4) is 0 Å². The second-order valence-corrected chi connectivity index (χ2v) is 9.14. The summed E-state index contributed by atoms with van der Waals surface area (Å²) in [5.74, 6) is -0.214. The van der Waals surface area contributed by atoms with Crippen LogP contribution in [0.15, 0.2) is 71.7 Å². The molecule has 1 heterocycles. The number of fused-ring (bicyclic) bond motifs is 1. The largest absolute Gasteiger partial charge is 0.305 e. The Hall–Kier alpha value is -3.22. The van der Waals surface area contributed by atoms with Crippen LogP contribution in [-0.4, -0.2) is 22.6 Å². The normalized spacial score (nSPS) is 16.5. The summed E-state index contributed by atoms with van der Waals surface area (Å²) in [6.07, 6.45) is 0.747. The summed E-state index contributed by atoms with van der Waals surface area (Å²) in [6.45, 7) is 4.17. The number of amides is 1. The maximum absolute atomic E-state index is 13.9. The number of aliphatic imine (C=N–C) groups is 1. The highest BCUT2D eigenvalue weighted by atomic mass is 35.5. The molecule has 0 saturated heterocycles. The van der Waals surface area contributed by atoms with Crippen molar-refractivity contribution in [2.24, 2.45) is 10.9 Å². The molecule has 3 aromatic carbocycles. The summed E-state index contributed by atoms with van der Waals surface area (Å²) >= 11 is 12.9. The average Bonchev–Trinajstić information content (AvgIpc) is 2.94. The van der Waals surface area contributed by atoms with Crippen molar-refractivity contribution in [1.82, 2.24) is 0 Å². The molecule has 2 atom stereocenters. The molecule has 3 aromatic rings. The van der Waals surface area contributed by atoms with Crippen molar-refractivity contribution in [3.05, 3.63) is 104 Å². The lowest BCUT2D eigenvalue weighted by Gasteiger charge is -2.27. The summed E-state index contributed by atoms with van der Waals surface area (Å²) in [7, 11) is 0. The second-order valence-electron chi connectivity index (χ2n) is 8.30. The van der Waals surface area contributed by atoms with Crippen molar-refractivity contribution >= 4 is 46.2 Å². The molecule has 0 bridgehead atoms. The third-order valence-electron chi connectivity index (χ3n) is 6.07. The van der Waals surface area contributed by atoms with Gasteiger partial charge in [0.05, 0.1) is 22.9 Å². The minimum Gasteiger partial charge on any atom is -0.305 e. The van der Waals surface area contributed by atoms with E-state index in [-0.39, 0.29) is 24.1 Å². The number of nitro benzene ring substituents is 1. The number of anilines is 1. The Morgan fingerprint density at radius 2 is 1.82 bits per heavy atom. The molecule has 6 nitrogen and oxygen atoms in total. The Kier molecular flexibility index (Phi) is 7.00. The zero-order chi connectivity index (χ0) is 24.4. The highest BCUT2D eigenvalue weighted by Gasteiger charge is 2.35. The molecular formula is C26H23Cl2N3O3. The van der Waals surface area contributed by atoms with Crippen molar-refractivity contribution in [1.29, 1.82) is 0 Å². The summed E-state index contributed by atoms with van der Waals surface area (Å²) < 4.78 is 0. The van der Waals surface area contributed by atoms with Gasteiger partial charge < -0.3 is 4.90 Å². The zero-order valence-corrected chi connectivity index (χ0v) is 20.3. The number of benzodiazepines with no additional fused rings is 1. The van der Waals surface area contributed by atoms with Gasteiger partial charge in [-0.2, -0.15) is 0 Å². The van der Waals surface area contributed by atoms with Gasteiger partial charge >= 0.3 is 0 Å². The lowest BCUT2D eigenvalue weighted by atomic mass is 9.97. The molecule has 0 N–H and O–H groups in total. The minimum absolute atomic E-state index is 0.0254. The van der Waals surface area contributed by atoms with Crippen LogP contribution in [-0.2, 0) is 11.3 Å². The molecule has 8 heteroatoms. The molecule has 1 amide bonds. The number of hydrogen-bond donors (Lipinski definition) is 0. The molecule has 0 aliphatic carbocycles. The lowest BCUT2D eigenvalue weighted by Crippen LogP contribution is -2.40. The SMILES string of the molecule is CC[C@@H](C)[C@@H]1N=C(c2ccccc2Cl)c2cc(Cl)ccc2N(Cc2cccc([N+](=O)[O-])c2)C1=O. The Bertz CT molecular complexity index is 1290. The number of nitro groups is 1. The van der Waals surface area contributed by atoms with Crippen LogP contribution in [0.3, 0.4) is 0 Å². The number of carbonyl (C=O) groups excluding carboxylic acids is 1. The van der Waals surface area contributed by atoms with Crippen LogP contribution in [0.1, 0.15) is 37.0 Å². The van der Waals surface area contributed by atoms with Crippen LogP contribution < -0.4 is 4.90 Å². The van der Waals surface area contributed by atoms with Crippen molar-refractivity contribution < 1.29 is 9.72 Å². The quantitative estimate of drug-likeness (QED) is 0.282. The number of benzene rings is 3. The van der Waals surface area contributed by atoms with Crippen LogP contribution in [0.25, 0.3) is 0 Å². The minimum atomic E-state index is -0.652. The fourth-order valence-electron chi connectivity index (χ4n) is 4.05. The van der Waals surface area contributed by atoms with E-state index in [0.29, 0.717) is 38.1 Å². The van der Waals surface area contributed by atoms with Crippen LogP contribution in [0.5, 0.6) is 0 Å². The van der Waals surface area contributed by atoms with E-state index in [1.165, 1.54) is 12.1 Å². The highest BCUT2D eigenvalue weighted by molar-refractivity contribution is 6.37. The standard InChI is InChI=1S/C26H23Cl2N3O3/c1-3-16(2)24-26(32)30(15-17-7-6-8-19(13-17)31(33)34)23-12-11-18(27)14-21(23)25(29-24)20-9-4-5-10-22(20)28/h4-14,16,24H,3,15H2,1-2H3/t16-,24+/m1/s1. The maximum Gasteiger partial charge on any atom is 0.269 e. The molecule has 0 fully saturated rings. The van der Waals surface area contributed by atoms with Gasteiger partial charge in [-0.25, -0.2) is 0 Å². The first-order valence-electron chi connectivity index (χ1n) is 11.0. The number of nitrogens with zero attached hydrogens (tertiary/aromatic N) is 3. The summed E-state index contributed by atoms with van der Waals surface area (Å²) in [5.41, 5.74) is 3.25. The van der Waals surface area contributed by atoms with Crippen LogP contribution in [0.2, 0.25) is 10.0 Å². The van der Waals surface area contributed by atoms with E-state index < -0.39 is 11.0 Å². The summed E-state index contributed by atoms with van der Waals surface area (Å²) in [6, 6.07) is 18.3. The van der Waals surface area contributed by atoms with E-state index in [1.54, 1.807) is 41.3 Å². The second kappa shape index (κ2) is 9.95. The Morgan fingerprint density at radius 1 is 1.06 bits per heavy atom. The van der Waals surface area contributed by atoms with Crippen LogP contribution in [0.4, 0.5) is 11.4 Å². The predicted octanol–water partition coefficient (Wildman–Crippen LogP) is 6.70. The first kappa shape index (κ1) is 23.9. The van der Waals surface area contributed by atoms with E-state index in [0.717, 1.165) is 6.42 Å². The van der Waals surface area contributed by atoms with Gasteiger partial charge in [0.25, 0.3) is 11.6 Å². The van der Waals surface area contributed by atoms with E-state index >= 15 is 0 Å². The van der Waals surface area contributed by atoms with E-state index in [9.17, 15) is 14.9 Å². The van der Waals surface area contributed by atoms with Gasteiger partial charge in [0, 0.05) is 33.3 Å². The topological polar surface area (TPSA) is 75.8 Å². The van der Waals surface area contributed by atoms with Gasteiger partial charge in [-0.1, -0.05) is 73.8 Å². The molecule has 4 rings (SSSR count). The monoisotopic (exact) mass is 495 g/mol. The molecule has 0 aromatic heterocycles. The Balaban J connectivity index is 1.92. The Labute approximate surface area is 208 Å². The van der Waals surface area contributed by atoms with Gasteiger partial charge in [-0.3, -0.25) is 19.9 Å². The fourth-order valence-corrected chi connectivity index (χ4v) is 4.45. The lowest BCUT2D eigenvalue weighted by molar-refractivity contribution is -0.384.